The fourth-order valence-corrected chi connectivity index (χ4v) is 3.58. The number of hydrogen-bond donors (Lipinski definition) is 1. The highest BCUT2D eigenvalue weighted by Gasteiger charge is 2.43. The first-order chi connectivity index (χ1) is 9.92. The molecule has 0 amide bonds. The lowest BCUT2D eigenvalue weighted by molar-refractivity contribution is -0.0847. The highest BCUT2D eigenvalue weighted by molar-refractivity contribution is 6.31. The topological polar surface area (TPSA) is 34.2 Å². The van der Waals surface area contributed by atoms with Crippen LogP contribution in [0.5, 0.6) is 0 Å². The summed E-state index contributed by atoms with van der Waals surface area (Å²) in [5.74, 6) is 0. The van der Waals surface area contributed by atoms with Crippen LogP contribution in [0.4, 0.5) is 0 Å². The normalized spacial score (nSPS) is 22.0. The van der Waals surface area contributed by atoms with E-state index in [4.69, 9.17) is 16.3 Å². The lowest BCUT2D eigenvalue weighted by Crippen LogP contribution is -2.54. The van der Waals surface area contributed by atoms with Crippen LogP contribution in [-0.2, 0) is 11.2 Å². The molecule has 0 radical (unpaired) electrons. The lowest BCUT2D eigenvalue weighted by Gasteiger charge is -2.47. The van der Waals surface area contributed by atoms with Gasteiger partial charge in [0.1, 0.15) is 0 Å². The number of nitrogens with one attached hydrogen (secondary N) is 1. The Morgan fingerprint density at radius 1 is 1.33 bits per heavy atom. The zero-order valence-corrected chi connectivity index (χ0v) is 14.3. The fourth-order valence-electron chi connectivity index (χ4n) is 3.39. The molecule has 0 aromatic carbocycles. The zero-order chi connectivity index (χ0) is 15.5. The summed E-state index contributed by atoms with van der Waals surface area (Å²) in [6.45, 7) is 4.70. The SMILES string of the molecule is CNC(Cc1ccncc1Cl)C1(OC)CCC(C)(C)CC1. The molecule has 4 heteroatoms. The van der Waals surface area contributed by atoms with Crippen LogP contribution >= 0.6 is 11.6 Å². The number of methoxy groups -OCH3 is 1. The van der Waals surface area contributed by atoms with Crippen LogP contribution < -0.4 is 5.32 Å². The van der Waals surface area contributed by atoms with Gasteiger partial charge in [-0.05, 0) is 56.2 Å². The predicted molar refractivity (Wildman–Crippen MR) is 87.8 cm³/mol. The monoisotopic (exact) mass is 310 g/mol. The van der Waals surface area contributed by atoms with Crippen LogP contribution in [0.3, 0.4) is 0 Å². The van der Waals surface area contributed by atoms with E-state index in [0.29, 0.717) is 5.41 Å². The second-order valence-electron chi connectivity index (χ2n) is 6.95. The number of halogens is 1. The number of nitrogens with zero attached hydrogens (tertiary/aromatic N) is 1. The van der Waals surface area contributed by atoms with Gasteiger partial charge in [-0.15, -0.1) is 0 Å². The van der Waals surface area contributed by atoms with E-state index in [1.54, 1.807) is 12.4 Å². The molecule has 0 aliphatic heterocycles. The molecule has 0 spiro atoms. The third-order valence-electron chi connectivity index (χ3n) is 5.12. The maximum Gasteiger partial charge on any atom is 0.0834 e. The molecule has 3 nitrogen and oxygen atoms in total. The second-order valence-corrected chi connectivity index (χ2v) is 7.35. The summed E-state index contributed by atoms with van der Waals surface area (Å²) in [5.41, 5.74) is 1.46. The minimum absolute atomic E-state index is 0.100. The van der Waals surface area contributed by atoms with Crippen LogP contribution in [0.1, 0.15) is 45.1 Å². The Bertz CT molecular complexity index is 466. The molecule has 0 saturated heterocycles. The van der Waals surface area contributed by atoms with Gasteiger partial charge in [-0.25, -0.2) is 0 Å². The largest absolute Gasteiger partial charge is 0.377 e. The minimum Gasteiger partial charge on any atom is -0.377 e. The molecule has 0 bridgehead atoms. The second kappa shape index (κ2) is 6.64. The summed E-state index contributed by atoms with van der Waals surface area (Å²) < 4.78 is 6.02. The molecule has 21 heavy (non-hydrogen) atoms. The number of ether oxygens (including phenoxy) is 1. The van der Waals surface area contributed by atoms with Gasteiger partial charge in [0.15, 0.2) is 0 Å². The molecule has 1 aliphatic rings. The van der Waals surface area contributed by atoms with Gasteiger partial charge in [-0.2, -0.15) is 0 Å². The van der Waals surface area contributed by atoms with Crippen molar-refractivity contribution in [1.82, 2.24) is 10.3 Å². The third kappa shape index (κ3) is 3.77. The first-order valence-corrected chi connectivity index (χ1v) is 8.11. The molecule has 1 atom stereocenters. The van der Waals surface area contributed by atoms with Crippen molar-refractivity contribution >= 4 is 11.6 Å². The number of hydrogen-bond acceptors (Lipinski definition) is 3. The Hall–Kier alpha value is -0.640. The maximum absolute atomic E-state index is 6.27. The van der Waals surface area contributed by atoms with E-state index in [2.05, 4.69) is 24.1 Å². The van der Waals surface area contributed by atoms with E-state index >= 15 is 0 Å². The Balaban J connectivity index is 2.17. The molecule has 1 heterocycles. The summed E-state index contributed by atoms with van der Waals surface area (Å²) in [6.07, 6.45) is 8.96. The first kappa shape index (κ1) is 16.7. The molecular formula is C17H27ClN2O. The third-order valence-corrected chi connectivity index (χ3v) is 5.46. The molecule has 118 valence electrons. The van der Waals surface area contributed by atoms with E-state index in [9.17, 15) is 0 Å². The molecule has 2 rings (SSSR count). The number of rotatable bonds is 5. The van der Waals surface area contributed by atoms with Crippen LogP contribution in [0.15, 0.2) is 18.5 Å². The zero-order valence-electron chi connectivity index (χ0n) is 13.6. The lowest BCUT2D eigenvalue weighted by atomic mass is 9.67. The summed E-state index contributed by atoms with van der Waals surface area (Å²) in [6, 6.07) is 2.27. The van der Waals surface area contributed by atoms with Crippen molar-refractivity contribution < 1.29 is 4.74 Å². The van der Waals surface area contributed by atoms with Crippen LogP contribution in [0, 0.1) is 5.41 Å². The molecule has 1 aromatic heterocycles. The van der Waals surface area contributed by atoms with E-state index < -0.39 is 0 Å². The van der Waals surface area contributed by atoms with E-state index in [1.807, 2.05) is 20.2 Å². The van der Waals surface area contributed by atoms with Gasteiger partial charge < -0.3 is 10.1 Å². The van der Waals surface area contributed by atoms with Gasteiger partial charge in [0.25, 0.3) is 0 Å². The highest BCUT2D eigenvalue weighted by Crippen LogP contribution is 2.44. The predicted octanol–water partition coefficient (Wildman–Crippen LogP) is 3.85. The van der Waals surface area contributed by atoms with Crippen LogP contribution in [0.2, 0.25) is 5.02 Å². The van der Waals surface area contributed by atoms with Gasteiger partial charge in [-0.1, -0.05) is 25.4 Å². The Labute approximate surface area is 133 Å². The van der Waals surface area contributed by atoms with Gasteiger partial charge in [-0.3, -0.25) is 4.98 Å². The van der Waals surface area contributed by atoms with Gasteiger partial charge in [0, 0.05) is 25.5 Å². The molecule has 1 N–H and O–H groups in total. The van der Waals surface area contributed by atoms with E-state index in [1.165, 1.54) is 12.8 Å². The summed E-state index contributed by atoms with van der Waals surface area (Å²) in [4.78, 5) is 4.06. The summed E-state index contributed by atoms with van der Waals surface area (Å²) in [5, 5.41) is 4.20. The van der Waals surface area contributed by atoms with Crippen molar-refractivity contribution in [2.75, 3.05) is 14.2 Å². The Kier molecular flexibility index (Phi) is 5.29. The number of aromatic nitrogens is 1. The van der Waals surface area contributed by atoms with Crippen molar-refractivity contribution in [3.8, 4) is 0 Å². The van der Waals surface area contributed by atoms with Crippen molar-refractivity contribution in [3.63, 3.8) is 0 Å². The molecule has 1 aromatic rings. The molecule has 1 fully saturated rings. The number of pyridine rings is 1. The molecular weight excluding hydrogens is 284 g/mol. The standard InChI is InChI=1S/C17H27ClN2O/c1-16(2)6-8-17(21-4,9-7-16)15(19-3)11-13-5-10-20-12-14(13)18/h5,10,12,15,19H,6-9,11H2,1-4H3. The average Bonchev–Trinajstić information content (AvgIpc) is 2.47. The van der Waals surface area contributed by atoms with Crippen molar-refractivity contribution in [2.24, 2.45) is 5.41 Å². The molecule has 1 unspecified atom stereocenters. The van der Waals surface area contributed by atoms with Crippen molar-refractivity contribution in [1.29, 1.82) is 0 Å². The van der Waals surface area contributed by atoms with Crippen LogP contribution in [-0.4, -0.2) is 30.8 Å². The molecule has 1 aliphatic carbocycles. The Morgan fingerprint density at radius 2 is 2.00 bits per heavy atom. The fraction of sp³-hybridized carbons (Fsp3) is 0.706. The van der Waals surface area contributed by atoms with E-state index in [0.717, 1.165) is 29.8 Å². The Morgan fingerprint density at radius 3 is 2.52 bits per heavy atom. The van der Waals surface area contributed by atoms with Crippen molar-refractivity contribution in [2.45, 2.75) is 57.6 Å². The van der Waals surface area contributed by atoms with E-state index in [-0.39, 0.29) is 11.6 Å². The molecule has 1 saturated carbocycles. The minimum atomic E-state index is -0.100. The van der Waals surface area contributed by atoms with Crippen LogP contribution in [0.25, 0.3) is 0 Å². The average molecular weight is 311 g/mol. The highest BCUT2D eigenvalue weighted by atomic mass is 35.5. The number of likely N-dealkylation sites (N-methyl/N-ethyl adjacent to an activating group) is 1. The summed E-state index contributed by atoms with van der Waals surface area (Å²) >= 11 is 6.27. The quantitative estimate of drug-likeness (QED) is 0.897. The van der Waals surface area contributed by atoms with Gasteiger partial charge >= 0.3 is 0 Å². The summed E-state index contributed by atoms with van der Waals surface area (Å²) in [7, 11) is 3.86. The maximum atomic E-state index is 6.27. The smallest absolute Gasteiger partial charge is 0.0834 e. The van der Waals surface area contributed by atoms with Gasteiger partial charge in [0.05, 0.1) is 10.6 Å². The van der Waals surface area contributed by atoms with Crippen molar-refractivity contribution in [3.05, 3.63) is 29.0 Å². The van der Waals surface area contributed by atoms with Gasteiger partial charge in [0.2, 0.25) is 0 Å². The first-order valence-electron chi connectivity index (χ1n) is 7.73.